The van der Waals surface area contributed by atoms with E-state index >= 15 is 0 Å². The van der Waals surface area contributed by atoms with Crippen molar-refractivity contribution in [2.75, 3.05) is 0 Å². The maximum absolute atomic E-state index is 5.82. The van der Waals surface area contributed by atoms with Crippen LogP contribution in [0.25, 0.3) is 0 Å². The van der Waals surface area contributed by atoms with Crippen LogP contribution in [0.1, 0.15) is 91.9 Å². The largest absolute Gasteiger partial charge is 1.00 e. The van der Waals surface area contributed by atoms with Gasteiger partial charge < -0.3 is 24.8 Å². The molecule has 21 heavy (non-hydrogen) atoms. The van der Waals surface area contributed by atoms with E-state index in [0.717, 1.165) is 0 Å². The third kappa shape index (κ3) is 21.2. The molecule has 2 atom stereocenters. The van der Waals surface area contributed by atoms with Crippen molar-refractivity contribution >= 4 is 0 Å². The molecule has 2 unspecified atom stereocenters. The summed E-state index contributed by atoms with van der Waals surface area (Å²) in [5.41, 5.74) is 0. The molecule has 0 aliphatic rings. The number of halogens is 2. The molecule has 0 spiro atoms. The molecule has 0 aliphatic heterocycles. The second-order valence-electron chi connectivity index (χ2n) is 5.64. The van der Waals surface area contributed by atoms with Gasteiger partial charge in [0.25, 0.3) is 0 Å². The summed E-state index contributed by atoms with van der Waals surface area (Å²) in [6.07, 6.45) is 13.8. The SMILES string of the molecule is CCCCCCC(C)[O][Ti+2][O]C(C)CCCCCC.[Cl-].[Cl-]. The van der Waals surface area contributed by atoms with Crippen molar-refractivity contribution in [1.29, 1.82) is 0 Å². The summed E-state index contributed by atoms with van der Waals surface area (Å²) in [5.74, 6) is 0. The Bertz CT molecular complexity index is 168. The van der Waals surface area contributed by atoms with Crippen molar-refractivity contribution in [3.63, 3.8) is 0 Å². The van der Waals surface area contributed by atoms with Gasteiger partial charge in [0.1, 0.15) is 0 Å². The molecule has 2 nitrogen and oxygen atoms in total. The summed E-state index contributed by atoms with van der Waals surface area (Å²) >= 11 is -0.640. The molecular weight excluding hydrogens is 343 g/mol. The molecule has 0 rings (SSSR count). The van der Waals surface area contributed by atoms with Gasteiger partial charge in [-0.3, -0.25) is 0 Å². The van der Waals surface area contributed by atoms with Crippen LogP contribution in [0.4, 0.5) is 0 Å². The summed E-state index contributed by atoms with van der Waals surface area (Å²) in [4.78, 5) is 0. The van der Waals surface area contributed by atoms with E-state index in [4.69, 9.17) is 6.64 Å². The summed E-state index contributed by atoms with van der Waals surface area (Å²) < 4.78 is 11.6. The van der Waals surface area contributed by atoms with E-state index in [0.29, 0.717) is 12.2 Å². The molecule has 0 heterocycles. The zero-order valence-electron chi connectivity index (χ0n) is 14.3. The first-order chi connectivity index (χ1) is 9.20. The quantitative estimate of drug-likeness (QED) is 0.305. The minimum absolute atomic E-state index is 0. The first kappa shape index (κ1) is 27.1. The summed E-state index contributed by atoms with van der Waals surface area (Å²) in [7, 11) is 0. The summed E-state index contributed by atoms with van der Waals surface area (Å²) in [6.45, 7) is 8.87. The predicted octanol–water partition coefficient (Wildman–Crippen LogP) is -0.342. The third-order valence-electron chi connectivity index (χ3n) is 3.43. The fraction of sp³-hybridized carbons (Fsp3) is 1.00. The maximum atomic E-state index is 5.82. The molecule has 5 heteroatoms. The molecule has 0 aromatic carbocycles. The fourth-order valence-corrected chi connectivity index (χ4v) is 2.99. The molecule has 0 aliphatic carbocycles. The number of hydrogen-bond acceptors (Lipinski definition) is 2. The van der Waals surface area contributed by atoms with E-state index in [-0.39, 0.29) is 24.8 Å². The van der Waals surface area contributed by atoms with Crippen molar-refractivity contribution < 1.29 is 51.4 Å². The van der Waals surface area contributed by atoms with Crippen LogP contribution < -0.4 is 24.8 Å². The van der Waals surface area contributed by atoms with Gasteiger partial charge in [0.05, 0.1) is 0 Å². The molecule has 0 bridgehead atoms. The van der Waals surface area contributed by atoms with Crippen LogP contribution in [-0.2, 0) is 26.6 Å². The molecule has 0 amide bonds. The van der Waals surface area contributed by atoms with Gasteiger partial charge in [0.2, 0.25) is 0 Å². The minimum Gasteiger partial charge on any atom is -1.00 e. The molecule has 0 aromatic rings. The fourth-order valence-electron chi connectivity index (χ4n) is 2.03. The Balaban J connectivity index is -0.00000162. The molecular formula is C16H34Cl2O2Ti. The van der Waals surface area contributed by atoms with Gasteiger partial charge in [-0.25, -0.2) is 0 Å². The summed E-state index contributed by atoms with van der Waals surface area (Å²) in [6, 6.07) is 0. The van der Waals surface area contributed by atoms with Crippen LogP contribution in [0.5, 0.6) is 0 Å². The van der Waals surface area contributed by atoms with Gasteiger partial charge in [-0.2, -0.15) is 0 Å². The Labute approximate surface area is 155 Å². The van der Waals surface area contributed by atoms with Crippen LogP contribution in [0.15, 0.2) is 0 Å². The van der Waals surface area contributed by atoms with E-state index in [1.807, 2.05) is 0 Å². The second kappa shape index (κ2) is 21.2. The predicted molar refractivity (Wildman–Crippen MR) is 78.6 cm³/mol. The van der Waals surface area contributed by atoms with Crippen molar-refractivity contribution in [3.05, 3.63) is 0 Å². The molecule has 0 N–H and O–H groups in total. The Morgan fingerprint density at radius 3 is 1.38 bits per heavy atom. The molecule has 0 saturated heterocycles. The molecule has 128 valence electrons. The zero-order valence-corrected chi connectivity index (χ0v) is 17.4. The van der Waals surface area contributed by atoms with E-state index in [2.05, 4.69) is 27.7 Å². The molecule has 0 saturated carbocycles. The van der Waals surface area contributed by atoms with Gasteiger partial charge in [0.15, 0.2) is 0 Å². The first-order valence-corrected chi connectivity index (χ1v) is 9.54. The number of rotatable bonds is 14. The van der Waals surface area contributed by atoms with Crippen LogP contribution in [0.3, 0.4) is 0 Å². The van der Waals surface area contributed by atoms with Crippen molar-refractivity contribution in [1.82, 2.24) is 0 Å². The smallest absolute Gasteiger partial charge is 1.00 e. The van der Waals surface area contributed by atoms with E-state index in [1.54, 1.807) is 0 Å². The van der Waals surface area contributed by atoms with Gasteiger partial charge in [0, 0.05) is 0 Å². The van der Waals surface area contributed by atoms with Crippen molar-refractivity contribution in [2.45, 2.75) is 104 Å². The van der Waals surface area contributed by atoms with Gasteiger partial charge >= 0.3 is 131 Å². The number of hydrogen-bond donors (Lipinski definition) is 0. The average molecular weight is 377 g/mol. The standard InChI is InChI=1S/2C8H17O.2ClH.Ti/c2*1-3-4-5-6-7-8(2)9;;;/h2*8H,3-7H2,1-2H3;2*1H;/q2*-1;;;+4/p-2. The second-order valence-corrected chi connectivity index (χ2v) is 6.64. The minimum atomic E-state index is -0.640. The first-order valence-electron chi connectivity index (χ1n) is 8.27. The molecule has 0 radical (unpaired) electrons. The number of unbranched alkanes of at least 4 members (excludes halogenated alkanes) is 6. The van der Waals surface area contributed by atoms with Gasteiger partial charge in [-0.05, 0) is 0 Å². The van der Waals surface area contributed by atoms with Crippen LogP contribution in [0, 0.1) is 0 Å². The van der Waals surface area contributed by atoms with Crippen LogP contribution in [0.2, 0.25) is 0 Å². The average Bonchev–Trinajstić information content (AvgIpc) is 2.40. The topological polar surface area (TPSA) is 18.5 Å². The van der Waals surface area contributed by atoms with E-state index in [1.165, 1.54) is 64.2 Å². The Hall–Kier alpha value is 1.21. The van der Waals surface area contributed by atoms with Crippen LogP contribution >= 0.6 is 0 Å². The Morgan fingerprint density at radius 1 is 0.667 bits per heavy atom. The normalized spacial score (nSPS) is 12.8. The Kier molecular flexibility index (Phi) is 27.4. The van der Waals surface area contributed by atoms with E-state index < -0.39 is 19.9 Å². The van der Waals surface area contributed by atoms with Crippen molar-refractivity contribution in [3.8, 4) is 0 Å². The monoisotopic (exact) mass is 376 g/mol. The zero-order chi connectivity index (χ0) is 14.3. The maximum Gasteiger partial charge on any atom is -1.00 e. The Morgan fingerprint density at radius 2 is 1.05 bits per heavy atom. The van der Waals surface area contributed by atoms with Gasteiger partial charge in [-0.1, -0.05) is 0 Å². The van der Waals surface area contributed by atoms with Crippen LogP contribution in [-0.4, -0.2) is 12.2 Å². The van der Waals surface area contributed by atoms with E-state index in [9.17, 15) is 0 Å². The van der Waals surface area contributed by atoms with Gasteiger partial charge in [-0.15, -0.1) is 0 Å². The molecule has 0 aromatic heterocycles. The van der Waals surface area contributed by atoms with Crippen molar-refractivity contribution in [2.24, 2.45) is 0 Å². The summed E-state index contributed by atoms with van der Waals surface area (Å²) in [5, 5.41) is 0. The third-order valence-corrected chi connectivity index (χ3v) is 4.98. The molecule has 0 fully saturated rings.